The van der Waals surface area contributed by atoms with E-state index < -0.39 is 0 Å². The van der Waals surface area contributed by atoms with E-state index in [0.29, 0.717) is 17.5 Å². The van der Waals surface area contributed by atoms with E-state index in [1.54, 1.807) is 0 Å². The van der Waals surface area contributed by atoms with Gasteiger partial charge in [0.25, 0.3) is 0 Å². The highest BCUT2D eigenvalue weighted by Crippen LogP contribution is 2.45. The molecule has 51 heavy (non-hydrogen) atoms. The molecular formula is C47H29N3O. The average Bonchev–Trinajstić information content (AvgIpc) is 3.58. The molecule has 2 heterocycles. The first-order valence-corrected chi connectivity index (χ1v) is 17.1. The van der Waals surface area contributed by atoms with Gasteiger partial charge in [-0.1, -0.05) is 152 Å². The van der Waals surface area contributed by atoms with Crippen molar-refractivity contribution in [2.75, 3.05) is 0 Å². The molecule has 0 saturated carbocycles. The minimum Gasteiger partial charge on any atom is -0.455 e. The van der Waals surface area contributed by atoms with Crippen LogP contribution in [0.25, 0.3) is 99.9 Å². The van der Waals surface area contributed by atoms with E-state index >= 15 is 0 Å². The minimum absolute atomic E-state index is 0.634. The summed E-state index contributed by atoms with van der Waals surface area (Å²) >= 11 is 0. The molecule has 0 fully saturated rings. The summed E-state index contributed by atoms with van der Waals surface area (Å²) in [5.74, 6) is 1.92. The fourth-order valence-electron chi connectivity index (χ4n) is 7.29. The molecule has 0 radical (unpaired) electrons. The van der Waals surface area contributed by atoms with Crippen LogP contribution < -0.4 is 0 Å². The van der Waals surface area contributed by atoms with Crippen LogP contribution in [0.15, 0.2) is 180 Å². The number of furan rings is 1. The van der Waals surface area contributed by atoms with Crippen molar-refractivity contribution >= 4 is 43.5 Å². The molecule has 0 aliphatic heterocycles. The summed E-state index contributed by atoms with van der Waals surface area (Å²) in [5.41, 5.74) is 9.03. The number of nitrogens with zero attached hydrogens (tertiary/aromatic N) is 3. The molecule has 0 amide bonds. The minimum atomic E-state index is 0.634. The fourth-order valence-corrected chi connectivity index (χ4v) is 7.29. The summed E-state index contributed by atoms with van der Waals surface area (Å²) in [6, 6.07) is 61.0. The molecule has 0 N–H and O–H groups in total. The standard InChI is InChI=1S/C47H29N3O/c1-4-14-30(15-5-1)35-24-26-39(43-41-28-33-20-10-11-21-34(33)29-42(41)51-44(35)43)38-25-27-40(37-23-13-12-22-36(37)38)47-49-45(31-16-6-2-7-17-31)48-46(50-47)32-18-8-3-9-19-32/h1-29H. The zero-order valence-corrected chi connectivity index (χ0v) is 27.5. The normalized spacial score (nSPS) is 11.5. The van der Waals surface area contributed by atoms with E-state index in [-0.39, 0.29) is 0 Å². The first kappa shape index (κ1) is 29.0. The van der Waals surface area contributed by atoms with Crippen molar-refractivity contribution in [3.05, 3.63) is 176 Å². The molecule has 0 spiro atoms. The predicted molar refractivity (Wildman–Crippen MR) is 209 cm³/mol. The second-order valence-corrected chi connectivity index (χ2v) is 12.8. The number of aromatic nitrogens is 3. The van der Waals surface area contributed by atoms with Crippen LogP contribution in [0.4, 0.5) is 0 Å². The maximum Gasteiger partial charge on any atom is 0.164 e. The molecule has 10 rings (SSSR count). The third kappa shape index (κ3) is 4.96. The topological polar surface area (TPSA) is 51.8 Å². The predicted octanol–water partition coefficient (Wildman–Crippen LogP) is 12.4. The number of hydrogen-bond donors (Lipinski definition) is 0. The van der Waals surface area contributed by atoms with Crippen molar-refractivity contribution in [3.63, 3.8) is 0 Å². The molecule has 0 saturated heterocycles. The summed E-state index contributed by atoms with van der Waals surface area (Å²) in [6.45, 7) is 0. The number of rotatable bonds is 5. The summed E-state index contributed by atoms with van der Waals surface area (Å²) in [5, 5.41) is 6.72. The lowest BCUT2D eigenvalue weighted by atomic mass is 9.90. The highest BCUT2D eigenvalue weighted by molar-refractivity contribution is 6.21. The van der Waals surface area contributed by atoms with Gasteiger partial charge >= 0.3 is 0 Å². The van der Waals surface area contributed by atoms with E-state index in [0.717, 1.165) is 77.0 Å². The lowest BCUT2D eigenvalue weighted by molar-refractivity contribution is 0.670. The molecule has 0 aliphatic rings. The Balaban J connectivity index is 1.23. The molecule has 0 atom stereocenters. The highest BCUT2D eigenvalue weighted by atomic mass is 16.3. The van der Waals surface area contributed by atoms with Crippen LogP contribution in [0.3, 0.4) is 0 Å². The Morgan fingerprint density at radius 2 is 0.804 bits per heavy atom. The molecule has 0 unspecified atom stereocenters. The van der Waals surface area contributed by atoms with Gasteiger partial charge in [-0.3, -0.25) is 0 Å². The summed E-state index contributed by atoms with van der Waals surface area (Å²) < 4.78 is 6.80. The number of hydrogen-bond acceptors (Lipinski definition) is 4. The van der Waals surface area contributed by atoms with Gasteiger partial charge in [0.2, 0.25) is 0 Å². The molecule has 2 aromatic heterocycles. The first-order chi connectivity index (χ1) is 25.3. The Labute approximate surface area is 294 Å². The maximum absolute atomic E-state index is 6.80. The van der Waals surface area contributed by atoms with Gasteiger partial charge in [0.15, 0.2) is 17.5 Å². The zero-order valence-electron chi connectivity index (χ0n) is 27.5. The summed E-state index contributed by atoms with van der Waals surface area (Å²) in [7, 11) is 0. The van der Waals surface area contributed by atoms with E-state index in [1.807, 2.05) is 66.7 Å². The molecule has 0 bridgehead atoms. The van der Waals surface area contributed by atoms with E-state index in [9.17, 15) is 0 Å². The van der Waals surface area contributed by atoms with Crippen molar-refractivity contribution in [1.29, 1.82) is 0 Å². The smallest absolute Gasteiger partial charge is 0.164 e. The molecule has 8 aromatic carbocycles. The molecule has 4 nitrogen and oxygen atoms in total. The Hall–Kier alpha value is -6.91. The Morgan fingerprint density at radius 3 is 1.45 bits per heavy atom. The monoisotopic (exact) mass is 651 g/mol. The maximum atomic E-state index is 6.80. The Bertz CT molecular complexity index is 2840. The van der Waals surface area contributed by atoms with E-state index in [4.69, 9.17) is 19.4 Å². The van der Waals surface area contributed by atoms with Crippen LogP contribution in [-0.4, -0.2) is 15.0 Å². The van der Waals surface area contributed by atoms with Crippen molar-refractivity contribution in [2.24, 2.45) is 0 Å². The third-order valence-corrected chi connectivity index (χ3v) is 9.73. The molecule has 4 heteroatoms. The van der Waals surface area contributed by atoms with Crippen molar-refractivity contribution < 1.29 is 4.42 Å². The van der Waals surface area contributed by atoms with Crippen LogP contribution >= 0.6 is 0 Å². The van der Waals surface area contributed by atoms with Crippen LogP contribution in [0, 0.1) is 0 Å². The Kier molecular flexibility index (Phi) is 6.78. The quantitative estimate of drug-likeness (QED) is 0.186. The second-order valence-electron chi connectivity index (χ2n) is 12.8. The summed E-state index contributed by atoms with van der Waals surface area (Å²) in [6.07, 6.45) is 0. The van der Waals surface area contributed by atoms with Gasteiger partial charge in [-0.2, -0.15) is 0 Å². The van der Waals surface area contributed by atoms with Crippen LogP contribution in [0.5, 0.6) is 0 Å². The first-order valence-electron chi connectivity index (χ1n) is 17.1. The van der Waals surface area contributed by atoms with Crippen molar-refractivity contribution in [2.45, 2.75) is 0 Å². The van der Waals surface area contributed by atoms with Gasteiger partial charge in [0, 0.05) is 33.0 Å². The van der Waals surface area contributed by atoms with Gasteiger partial charge in [0.05, 0.1) is 0 Å². The number of benzene rings is 8. The van der Waals surface area contributed by atoms with Crippen molar-refractivity contribution in [1.82, 2.24) is 15.0 Å². The lowest BCUT2D eigenvalue weighted by Crippen LogP contribution is -2.00. The van der Waals surface area contributed by atoms with Crippen LogP contribution in [0.2, 0.25) is 0 Å². The van der Waals surface area contributed by atoms with Gasteiger partial charge in [-0.25, -0.2) is 15.0 Å². The third-order valence-electron chi connectivity index (χ3n) is 9.73. The van der Waals surface area contributed by atoms with Crippen LogP contribution in [0.1, 0.15) is 0 Å². The lowest BCUT2D eigenvalue weighted by Gasteiger charge is -2.14. The largest absolute Gasteiger partial charge is 0.455 e. The van der Waals surface area contributed by atoms with Crippen molar-refractivity contribution in [3.8, 4) is 56.4 Å². The molecular weight excluding hydrogens is 623 g/mol. The molecule has 0 aliphatic carbocycles. The van der Waals surface area contributed by atoms with Gasteiger partial charge in [-0.15, -0.1) is 0 Å². The molecule has 10 aromatic rings. The Morgan fingerprint density at radius 1 is 0.333 bits per heavy atom. The summed E-state index contributed by atoms with van der Waals surface area (Å²) in [4.78, 5) is 15.1. The zero-order chi connectivity index (χ0) is 33.7. The number of fused-ring (bicyclic) bond motifs is 5. The van der Waals surface area contributed by atoms with E-state index in [2.05, 4.69) is 109 Å². The fraction of sp³-hybridized carbons (Fsp3) is 0. The van der Waals surface area contributed by atoms with Gasteiger partial charge in [0.1, 0.15) is 11.2 Å². The second kappa shape index (κ2) is 11.9. The van der Waals surface area contributed by atoms with E-state index in [1.165, 1.54) is 5.39 Å². The SMILES string of the molecule is c1ccc(-c2nc(-c3ccccc3)nc(-c3ccc(-c4ccc(-c5ccccc5)c5oc6cc7ccccc7cc6c45)c4ccccc34)n2)cc1. The van der Waals surface area contributed by atoms with Gasteiger partial charge < -0.3 is 4.42 Å². The van der Waals surface area contributed by atoms with Crippen LogP contribution in [-0.2, 0) is 0 Å². The molecule has 238 valence electrons. The van der Waals surface area contributed by atoms with Gasteiger partial charge in [-0.05, 0) is 62.5 Å². The average molecular weight is 652 g/mol. The highest BCUT2D eigenvalue weighted by Gasteiger charge is 2.21.